The van der Waals surface area contributed by atoms with E-state index in [1.54, 1.807) is 7.11 Å². The fourth-order valence-corrected chi connectivity index (χ4v) is 2.36. The molecule has 20 heavy (non-hydrogen) atoms. The number of nitrogens with zero attached hydrogens (tertiary/aromatic N) is 3. The molecule has 0 aliphatic carbocycles. The zero-order chi connectivity index (χ0) is 14.4. The second-order valence-corrected chi connectivity index (χ2v) is 5.37. The van der Waals surface area contributed by atoms with E-state index < -0.39 is 0 Å². The smallest absolute Gasteiger partial charge is 0.0969 e. The number of rotatable bonds is 7. The molecule has 0 atom stereocenters. The van der Waals surface area contributed by atoms with Crippen LogP contribution in [-0.4, -0.2) is 35.3 Å². The molecule has 6 heteroatoms. The molecule has 1 aromatic heterocycles. The molecule has 0 radical (unpaired) electrons. The molecule has 1 aromatic carbocycles. The number of hydrogen-bond donors (Lipinski definition) is 1. The molecule has 0 aliphatic heterocycles. The van der Waals surface area contributed by atoms with Crippen LogP contribution in [0.3, 0.4) is 0 Å². The summed E-state index contributed by atoms with van der Waals surface area (Å²) in [5.74, 6) is 0. The van der Waals surface area contributed by atoms with Crippen molar-refractivity contribution in [2.24, 2.45) is 0 Å². The summed E-state index contributed by atoms with van der Waals surface area (Å²) < 4.78 is 7.90. The van der Waals surface area contributed by atoms with Gasteiger partial charge < -0.3 is 10.1 Å². The van der Waals surface area contributed by atoms with Crippen LogP contribution >= 0.6 is 15.9 Å². The molecule has 0 aliphatic rings. The molecule has 2 rings (SSSR count). The molecule has 0 saturated carbocycles. The van der Waals surface area contributed by atoms with Crippen molar-refractivity contribution in [1.82, 2.24) is 20.3 Å². The second kappa shape index (κ2) is 7.52. The third kappa shape index (κ3) is 3.88. The Hall–Kier alpha value is -1.24. The van der Waals surface area contributed by atoms with Gasteiger partial charge in [-0.25, -0.2) is 4.68 Å². The fraction of sp³-hybridized carbons (Fsp3) is 0.429. The number of aromatic nitrogens is 3. The van der Waals surface area contributed by atoms with Gasteiger partial charge in [0.2, 0.25) is 0 Å². The lowest BCUT2D eigenvalue weighted by Gasteiger charge is -2.07. The van der Waals surface area contributed by atoms with E-state index in [1.807, 2.05) is 16.9 Å². The van der Waals surface area contributed by atoms with Gasteiger partial charge >= 0.3 is 0 Å². The fourth-order valence-electron chi connectivity index (χ4n) is 1.95. The first kappa shape index (κ1) is 15.2. The van der Waals surface area contributed by atoms with Crippen LogP contribution in [0.2, 0.25) is 0 Å². The Morgan fingerprint density at radius 3 is 3.00 bits per heavy atom. The zero-order valence-corrected chi connectivity index (χ0v) is 13.4. The van der Waals surface area contributed by atoms with Crippen LogP contribution in [0.15, 0.2) is 28.9 Å². The molecule has 0 fully saturated rings. The number of hydrogen-bond acceptors (Lipinski definition) is 4. The number of halogens is 1. The first-order chi connectivity index (χ1) is 9.74. The molecule has 0 amide bonds. The quantitative estimate of drug-likeness (QED) is 0.787. The Bertz CT molecular complexity index is 556. The van der Waals surface area contributed by atoms with Gasteiger partial charge in [-0.15, -0.1) is 5.10 Å². The minimum absolute atomic E-state index is 0.695. The van der Waals surface area contributed by atoms with E-state index in [-0.39, 0.29) is 0 Å². The molecule has 0 unspecified atom stereocenters. The predicted octanol–water partition coefficient (Wildman–Crippen LogP) is 2.33. The van der Waals surface area contributed by atoms with E-state index >= 15 is 0 Å². The van der Waals surface area contributed by atoms with Gasteiger partial charge in [-0.05, 0) is 30.2 Å². The monoisotopic (exact) mass is 338 g/mol. The zero-order valence-electron chi connectivity index (χ0n) is 11.8. The number of aryl methyl sites for hydroxylation is 1. The summed E-state index contributed by atoms with van der Waals surface area (Å²) in [5.41, 5.74) is 3.24. The molecular formula is C14H19BrN4O. The number of nitrogens with one attached hydrogen (secondary N) is 1. The highest BCUT2D eigenvalue weighted by atomic mass is 79.9. The minimum atomic E-state index is 0.695. The summed E-state index contributed by atoms with van der Waals surface area (Å²) in [5, 5.41) is 11.6. The SMILES string of the molecule is CCc1cc(Br)ccc1-n1cc(CNCCOC)nn1. The van der Waals surface area contributed by atoms with Crippen molar-refractivity contribution < 1.29 is 4.74 Å². The number of ether oxygens (including phenoxy) is 1. The van der Waals surface area contributed by atoms with E-state index in [0.29, 0.717) is 13.2 Å². The normalized spacial score (nSPS) is 10.9. The van der Waals surface area contributed by atoms with Gasteiger partial charge in [-0.1, -0.05) is 28.1 Å². The van der Waals surface area contributed by atoms with Gasteiger partial charge in [0.15, 0.2) is 0 Å². The van der Waals surface area contributed by atoms with E-state index in [2.05, 4.69) is 50.6 Å². The van der Waals surface area contributed by atoms with Crippen molar-refractivity contribution in [2.75, 3.05) is 20.3 Å². The van der Waals surface area contributed by atoms with Gasteiger partial charge in [0, 0.05) is 24.7 Å². The van der Waals surface area contributed by atoms with Crippen LogP contribution in [0.25, 0.3) is 5.69 Å². The van der Waals surface area contributed by atoms with Crippen LogP contribution in [0.4, 0.5) is 0 Å². The van der Waals surface area contributed by atoms with Crippen LogP contribution in [0, 0.1) is 0 Å². The van der Waals surface area contributed by atoms with Crippen LogP contribution in [0.1, 0.15) is 18.2 Å². The highest BCUT2D eigenvalue weighted by molar-refractivity contribution is 9.10. The Labute approximate surface area is 127 Å². The summed E-state index contributed by atoms with van der Waals surface area (Å²) in [7, 11) is 1.69. The summed E-state index contributed by atoms with van der Waals surface area (Å²) in [6, 6.07) is 6.19. The third-order valence-electron chi connectivity index (χ3n) is 3.00. The van der Waals surface area contributed by atoms with Gasteiger partial charge in [-0.3, -0.25) is 0 Å². The lowest BCUT2D eigenvalue weighted by Crippen LogP contribution is -2.18. The Balaban J connectivity index is 2.08. The van der Waals surface area contributed by atoms with Crippen molar-refractivity contribution in [1.29, 1.82) is 0 Å². The van der Waals surface area contributed by atoms with Gasteiger partial charge in [-0.2, -0.15) is 0 Å². The first-order valence-corrected chi connectivity index (χ1v) is 7.43. The van der Waals surface area contributed by atoms with E-state index in [4.69, 9.17) is 4.74 Å². The lowest BCUT2D eigenvalue weighted by atomic mass is 10.1. The van der Waals surface area contributed by atoms with Crippen molar-refractivity contribution >= 4 is 15.9 Å². The predicted molar refractivity (Wildman–Crippen MR) is 82.0 cm³/mol. The molecule has 0 bridgehead atoms. The largest absolute Gasteiger partial charge is 0.383 e. The first-order valence-electron chi connectivity index (χ1n) is 6.64. The van der Waals surface area contributed by atoms with E-state index in [1.165, 1.54) is 5.56 Å². The van der Waals surface area contributed by atoms with Crippen LogP contribution in [-0.2, 0) is 17.7 Å². The van der Waals surface area contributed by atoms with Gasteiger partial charge in [0.1, 0.15) is 0 Å². The number of methoxy groups -OCH3 is 1. The highest BCUT2D eigenvalue weighted by Gasteiger charge is 2.07. The van der Waals surface area contributed by atoms with Gasteiger partial charge in [0.05, 0.1) is 24.2 Å². The molecule has 0 saturated heterocycles. The van der Waals surface area contributed by atoms with Crippen molar-refractivity contribution in [3.05, 3.63) is 40.1 Å². The molecule has 1 N–H and O–H groups in total. The Morgan fingerprint density at radius 1 is 1.40 bits per heavy atom. The maximum absolute atomic E-state index is 4.99. The second-order valence-electron chi connectivity index (χ2n) is 4.45. The van der Waals surface area contributed by atoms with Crippen molar-refractivity contribution in [3.63, 3.8) is 0 Å². The highest BCUT2D eigenvalue weighted by Crippen LogP contribution is 2.20. The van der Waals surface area contributed by atoms with Crippen LogP contribution in [0.5, 0.6) is 0 Å². The Morgan fingerprint density at radius 2 is 2.25 bits per heavy atom. The summed E-state index contributed by atoms with van der Waals surface area (Å²) in [4.78, 5) is 0. The average Bonchev–Trinajstić information content (AvgIpc) is 2.92. The number of benzene rings is 1. The molecule has 108 valence electrons. The lowest BCUT2D eigenvalue weighted by molar-refractivity contribution is 0.199. The topological polar surface area (TPSA) is 52.0 Å². The summed E-state index contributed by atoms with van der Waals surface area (Å²) >= 11 is 3.50. The average molecular weight is 339 g/mol. The van der Waals surface area contributed by atoms with Crippen molar-refractivity contribution in [3.8, 4) is 5.69 Å². The molecular weight excluding hydrogens is 320 g/mol. The standard InChI is InChI=1S/C14H19BrN4O/c1-3-11-8-12(15)4-5-14(11)19-10-13(17-18-19)9-16-6-7-20-2/h4-5,8,10,16H,3,6-7,9H2,1-2H3. The molecule has 0 spiro atoms. The maximum atomic E-state index is 4.99. The Kier molecular flexibility index (Phi) is 5.70. The van der Waals surface area contributed by atoms with E-state index in [0.717, 1.165) is 28.8 Å². The third-order valence-corrected chi connectivity index (χ3v) is 3.49. The summed E-state index contributed by atoms with van der Waals surface area (Å²) in [6.45, 7) is 4.33. The van der Waals surface area contributed by atoms with Crippen molar-refractivity contribution in [2.45, 2.75) is 19.9 Å². The maximum Gasteiger partial charge on any atom is 0.0969 e. The minimum Gasteiger partial charge on any atom is -0.383 e. The molecule has 5 nitrogen and oxygen atoms in total. The van der Waals surface area contributed by atoms with E-state index in [9.17, 15) is 0 Å². The molecule has 1 heterocycles. The molecule has 2 aromatic rings. The van der Waals surface area contributed by atoms with Crippen LogP contribution < -0.4 is 5.32 Å². The van der Waals surface area contributed by atoms with Gasteiger partial charge in [0.25, 0.3) is 0 Å². The summed E-state index contributed by atoms with van der Waals surface area (Å²) in [6.07, 6.45) is 2.91.